The van der Waals surface area contributed by atoms with Gasteiger partial charge in [-0.1, -0.05) is 19.2 Å². The van der Waals surface area contributed by atoms with E-state index in [1.807, 2.05) is 19.2 Å². The standard InChI is InChI=1S/C8H13N/c1-4-8(3)6-7-9-5-2/h4,6-7,9H,1,3,5H2,2H3/b7-6+. The Morgan fingerprint density at radius 2 is 2.33 bits per heavy atom. The van der Waals surface area contributed by atoms with E-state index in [-0.39, 0.29) is 0 Å². The number of nitrogens with one attached hydrogen (secondary N) is 1. The molecule has 0 saturated heterocycles. The van der Waals surface area contributed by atoms with Gasteiger partial charge < -0.3 is 5.32 Å². The van der Waals surface area contributed by atoms with Gasteiger partial charge in [-0.25, -0.2) is 0 Å². The Balaban J connectivity index is 3.44. The van der Waals surface area contributed by atoms with E-state index in [0.29, 0.717) is 0 Å². The van der Waals surface area contributed by atoms with Crippen molar-refractivity contribution in [3.05, 3.63) is 37.1 Å². The molecule has 0 aliphatic heterocycles. The van der Waals surface area contributed by atoms with Crippen LogP contribution in [0.25, 0.3) is 0 Å². The first-order valence-corrected chi connectivity index (χ1v) is 3.02. The first kappa shape index (κ1) is 8.02. The van der Waals surface area contributed by atoms with Crippen molar-refractivity contribution in [3.8, 4) is 0 Å². The van der Waals surface area contributed by atoms with Crippen molar-refractivity contribution in [1.82, 2.24) is 5.32 Å². The fraction of sp³-hybridized carbons (Fsp3) is 0.250. The van der Waals surface area contributed by atoms with Crippen LogP contribution in [0.15, 0.2) is 37.1 Å². The highest BCUT2D eigenvalue weighted by Crippen LogP contribution is 1.89. The van der Waals surface area contributed by atoms with Crippen molar-refractivity contribution in [2.75, 3.05) is 6.54 Å². The van der Waals surface area contributed by atoms with E-state index in [4.69, 9.17) is 0 Å². The second-order valence-corrected chi connectivity index (χ2v) is 1.67. The molecule has 1 nitrogen and oxygen atoms in total. The third kappa shape index (κ3) is 4.88. The Labute approximate surface area is 56.8 Å². The monoisotopic (exact) mass is 123 g/mol. The summed E-state index contributed by atoms with van der Waals surface area (Å²) in [6.45, 7) is 10.2. The summed E-state index contributed by atoms with van der Waals surface area (Å²) in [6.07, 6.45) is 5.47. The van der Waals surface area contributed by atoms with E-state index in [0.717, 1.165) is 12.1 Å². The van der Waals surface area contributed by atoms with E-state index in [1.54, 1.807) is 6.08 Å². The highest BCUT2D eigenvalue weighted by molar-refractivity contribution is 5.24. The van der Waals surface area contributed by atoms with Crippen molar-refractivity contribution in [1.29, 1.82) is 0 Å². The minimum atomic E-state index is 0.927. The van der Waals surface area contributed by atoms with Gasteiger partial charge in [0.25, 0.3) is 0 Å². The molecule has 0 rings (SSSR count). The molecule has 1 heteroatoms. The van der Waals surface area contributed by atoms with Gasteiger partial charge in [-0.2, -0.15) is 0 Å². The smallest absolute Gasteiger partial charge is 0.0113 e. The van der Waals surface area contributed by atoms with Gasteiger partial charge >= 0.3 is 0 Å². The maximum atomic E-state index is 3.70. The van der Waals surface area contributed by atoms with E-state index in [2.05, 4.69) is 18.5 Å². The van der Waals surface area contributed by atoms with Crippen LogP contribution >= 0.6 is 0 Å². The average Bonchev–Trinajstić information content (AvgIpc) is 1.89. The van der Waals surface area contributed by atoms with Gasteiger partial charge in [0.15, 0.2) is 0 Å². The second kappa shape index (κ2) is 5.16. The van der Waals surface area contributed by atoms with E-state index in [1.165, 1.54) is 0 Å². The molecule has 0 unspecified atom stereocenters. The van der Waals surface area contributed by atoms with Gasteiger partial charge in [0.2, 0.25) is 0 Å². The maximum Gasteiger partial charge on any atom is 0.0113 e. The molecule has 0 fully saturated rings. The third-order valence-corrected chi connectivity index (χ3v) is 0.882. The molecule has 0 aromatic carbocycles. The SMILES string of the molecule is C=CC(=C)/C=C/NCC. The van der Waals surface area contributed by atoms with Crippen molar-refractivity contribution in [3.63, 3.8) is 0 Å². The Morgan fingerprint density at radius 3 is 2.78 bits per heavy atom. The lowest BCUT2D eigenvalue weighted by atomic mass is 10.3. The van der Waals surface area contributed by atoms with Crippen LogP contribution in [0.2, 0.25) is 0 Å². The molecule has 0 aliphatic rings. The Bertz CT molecular complexity index is 123. The van der Waals surface area contributed by atoms with Crippen molar-refractivity contribution in [2.45, 2.75) is 6.92 Å². The predicted molar refractivity (Wildman–Crippen MR) is 42.2 cm³/mol. The molecule has 0 spiro atoms. The Hall–Kier alpha value is -0.980. The van der Waals surface area contributed by atoms with E-state index in [9.17, 15) is 0 Å². The van der Waals surface area contributed by atoms with Gasteiger partial charge in [0.1, 0.15) is 0 Å². The minimum absolute atomic E-state index is 0.927. The van der Waals surface area contributed by atoms with Crippen LogP contribution in [0.1, 0.15) is 6.92 Å². The predicted octanol–water partition coefficient (Wildman–Crippen LogP) is 1.85. The first-order chi connectivity index (χ1) is 4.31. The molecule has 50 valence electrons. The molecule has 0 bridgehead atoms. The van der Waals surface area contributed by atoms with Crippen molar-refractivity contribution in [2.24, 2.45) is 0 Å². The highest BCUT2D eigenvalue weighted by atomic mass is 14.8. The van der Waals surface area contributed by atoms with Gasteiger partial charge in [0.05, 0.1) is 0 Å². The van der Waals surface area contributed by atoms with Gasteiger partial charge in [-0.3, -0.25) is 0 Å². The topological polar surface area (TPSA) is 12.0 Å². The quantitative estimate of drug-likeness (QED) is 0.562. The normalized spacial score (nSPS) is 9.44. The second-order valence-electron chi connectivity index (χ2n) is 1.67. The number of hydrogen-bond acceptors (Lipinski definition) is 1. The molecular weight excluding hydrogens is 110 g/mol. The molecular formula is C8H13N. The van der Waals surface area contributed by atoms with Crippen LogP contribution < -0.4 is 5.32 Å². The number of rotatable bonds is 4. The lowest BCUT2D eigenvalue weighted by Gasteiger charge is -1.90. The summed E-state index contributed by atoms with van der Waals surface area (Å²) in [5.41, 5.74) is 0.927. The van der Waals surface area contributed by atoms with Crippen LogP contribution in [-0.4, -0.2) is 6.54 Å². The third-order valence-electron chi connectivity index (χ3n) is 0.882. The van der Waals surface area contributed by atoms with Crippen LogP contribution in [0.5, 0.6) is 0 Å². The van der Waals surface area contributed by atoms with Crippen molar-refractivity contribution < 1.29 is 0 Å². The molecule has 9 heavy (non-hydrogen) atoms. The zero-order valence-electron chi connectivity index (χ0n) is 5.85. The summed E-state index contributed by atoms with van der Waals surface area (Å²) in [5.74, 6) is 0. The maximum absolute atomic E-state index is 3.70. The summed E-state index contributed by atoms with van der Waals surface area (Å²) in [4.78, 5) is 0. The molecule has 0 saturated carbocycles. The zero-order chi connectivity index (χ0) is 7.11. The molecule has 1 N–H and O–H groups in total. The largest absolute Gasteiger partial charge is 0.391 e. The summed E-state index contributed by atoms with van der Waals surface area (Å²) >= 11 is 0. The molecule has 0 aromatic heterocycles. The fourth-order valence-corrected chi connectivity index (χ4v) is 0.352. The summed E-state index contributed by atoms with van der Waals surface area (Å²) in [5, 5.41) is 3.02. The van der Waals surface area contributed by atoms with E-state index >= 15 is 0 Å². The highest BCUT2D eigenvalue weighted by Gasteiger charge is 1.73. The minimum Gasteiger partial charge on any atom is -0.391 e. The lowest BCUT2D eigenvalue weighted by molar-refractivity contribution is 0.919. The molecule has 0 heterocycles. The van der Waals surface area contributed by atoms with Gasteiger partial charge in [0, 0.05) is 6.54 Å². The first-order valence-electron chi connectivity index (χ1n) is 3.02. The van der Waals surface area contributed by atoms with Gasteiger partial charge in [-0.05, 0) is 24.8 Å². The van der Waals surface area contributed by atoms with Crippen molar-refractivity contribution >= 4 is 0 Å². The van der Waals surface area contributed by atoms with Crippen LogP contribution in [0.3, 0.4) is 0 Å². The Kier molecular flexibility index (Phi) is 4.60. The van der Waals surface area contributed by atoms with Crippen LogP contribution in [-0.2, 0) is 0 Å². The fourth-order valence-electron chi connectivity index (χ4n) is 0.352. The summed E-state index contributed by atoms with van der Waals surface area (Å²) in [6, 6.07) is 0. The van der Waals surface area contributed by atoms with E-state index < -0.39 is 0 Å². The lowest BCUT2D eigenvalue weighted by Crippen LogP contribution is -2.01. The number of hydrogen-bond donors (Lipinski definition) is 1. The number of allylic oxidation sites excluding steroid dienone is 3. The van der Waals surface area contributed by atoms with Crippen LogP contribution in [0, 0.1) is 0 Å². The molecule has 0 aliphatic carbocycles. The average molecular weight is 123 g/mol. The summed E-state index contributed by atoms with van der Waals surface area (Å²) < 4.78 is 0. The van der Waals surface area contributed by atoms with Gasteiger partial charge in [-0.15, -0.1) is 0 Å². The zero-order valence-corrected chi connectivity index (χ0v) is 5.85. The molecule has 0 amide bonds. The summed E-state index contributed by atoms with van der Waals surface area (Å²) in [7, 11) is 0. The van der Waals surface area contributed by atoms with Crippen LogP contribution in [0.4, 0.5) is 0 Å². The Morgan fingerprint density at radius 1 is 1.67 bits per heavy atom. The molecule has 0 atom stereocenters. The molecule has 0 aromatic rings. The molecule has 0 radical (unpaired) electrons.